The van der Waals surface area contributed by atoms with Gasteiger partial charge in [-0.1, -0.05) is 24.3 Å². The Balaban J connectivity index is 1.61. The Bertz CT molecular complexity index is 929. The summed E-state index contributed by atoms with van der Waals surface area (Å²) in [6, 6.07) is 10.7. The van der Waals surface area contributed by atoms with Crippen molar-refractivity contribution in [3.63, 3.8) is 0 Å². The maximum atomic E-state index is 15.0. The van der Waals surface area contributed by atoms with Crippen LogP contribution in [0.5, 0.6) is 11.5 Å². The van der Waals surface area contributed by atoms with E-state index in [-0.39, 0.29) is 23.5 Å². The highest BCUT2D eigenvalue weighted by atomic mass is 19.1. The number of rotatable bonds is 7. The van der Waals surface area contributed by atoms with Crippen LogP contribution in [0.2, 0.25) is 0 Å². The molecule has 0 amide bonds. The summed E-state index contributed by atoms with van der Waals surface area (Å²) in [6.45, 7) is 1.39. The minimum atomic E-state index is -1.61. The highest BCUT2D eigenvalue weighted by Gasteiger charge is 2.46. The van der Waals surface area contributed by atoms with Crippen LogP contribution in [0, 0.1) is 5.82 Å². The first-order chi connectivity index (χ1) is 15.3. The standard InChI is InChI=1S/C24H29FO7/c1-12(26)23-21(28)20(27)22(29)24(32-23)31-19-11-16(30-2)10-18(25)17(19)9-13-3-5-14(6-4-13)15-7-8-15/h3-6,10-12,15,20-24,26-29H,7-9H2,1-2H3/t12?,20-,21-,22+,23?,24+/m0/s1. The lowest BCUT2D eigenvalue weighted by Gasteiger charge is -2.41. The number of halogens is 1. The number of benzene rings is 2. The van der Waals surface area contributed by atoms with Crippen molar-refractivity contribution in [1.82, 2.24) is 0 Å². The molecule has 1 aliphatic carbocycles. The molecule has 2 fully saturated rings. The van der Waals surface area contributed by atoms with Crippen molar-refractivity contribution < 1.29 is 39.0 Å². The number of aliphatic hydroxyl groups excluding tert-OH is 4. The van der Waals surface area contributed by atoms with Crippen molar-refractivity contribution in [3.05, 3.63) is 58.9 Å². The average molecular weight is 448 g/mol. The van der Waals surface area contributed by atoms with Crippen molar-refractivity contribution in [3.8, 4) is 11.5 Å². The first kappa shape index (κ1) is 22.9. The van der Waals surface area contributed by atoms with E-state index < -0.39 is 42.6 Å². The van der Waals surface area contributed by atoms with Crippen molar-refractivity contribution in [2.24, 2.45) is 0 Å². The summed E-state index contributed by atoms with van der Waals surface area (Å²) in [7, 11) is 1.39. The van der Waals surface area contributed by atoms with Crippen LogP contribution >= 0.6 is 0 Å². The maximum Gasteiger partial charge on any atom is 0.229 e. The summed E-state index contributed by atoms with van der Waals surface area (Å²) in [5, 5.41) is 40.5. The summed E-state index contributed by atoms with van der Waals surface area (Å²) in [4.78, 5) is 0. The molecule has 0 radical (unpaired) electrons. The van der Waals surface area contributed by atoms with Crippen molar-refractivity contribution >= 4 is 0 Å². The molecule has 174 valence electrons. The topological polar surface area (TPSA) is 109 Å². The third-order valence-electron chi connectivity index (χ3n) is 6.10. The molecule has 4 N–H and O–H groups in total. The van der Waals surface area contributed by atoms with E-state index in [1.54, 1.807) is 0 Å². The Hall–Kier alpha value is -2.23. The van der Waals surface area contributed by atoms with E-state index in [4.69, 9.17) is 14.2 Å². The molecule has 2 unspecified atom stereocenters. The Morgan fingerprint density at radius 1 is 1.06 bits per heavy atom. The van der Waals surface area contributed by atoms with Crippen LogP contribution in [-0.4, -0.2) is 64.3 Å². The second kappa shape index (κ2) is 9.33. The lowest BCUT2D eigenvalue weighted by molar-refractivity contribution is -0.286. The molecular formula is C24H29FO7. The maximum absolute atomic E-state index is 15.0. The molecule has 6 atom stereocenters. The summed E-state index contributed by atoms with van der Waals surface area (Å²) in [5.74, 6) is 0.353. The second-order valence-corrected chi connectivity index (χ2v) is 8.58. The van der Waals surface area contributed by atoms with E-state index in [0.717, 1.165) is 5.56 Å². The molecule has 0 spiro atoms. The zero-order chi connectivity index (χ0) is 23.0. The summed E-state index contributed by atoms with van der Waals surface area (Å²) >= 11 is 0. The Labute approximate surface area is 186 Å². The molecule has 1 aliphatic heterocycles. The fourth-order valence-corrected chi connectivity index (χ4v) is 4.01. The van der Waals surface area contributed by atoms with Crippen molar-refractivity contribution in [1.29, 1.82) is 0 Å². The molecule has 2 aliphatic rings. The van der Waals surface area contributed by atoms with Crippen LogP contribution < -0.4 is 9.47 Å². The van der Waals surface area contributed by atoms with Gasteiger partial charge >= 0.3 is 0 Å². The fourth-order valence-electron chi connectivity index (χ4n) is 4.01. The molecule has 2 aromatic rings. The van der Waals surface area contributed by atoms with Gasteiger partial charge in [-0.3, -0.25) is 0 Å². The van der Waals surface area contributed by atoms with E-state index in [0.29, 0.717) is 5.92 Å². The molecule has 32 heavy (non-hydrogen) atoms. The molecule has 1 saturated carbocycles. The smallest absolute Gasteiger partial charge is 0.229 e. The van der Waals surface area contributed by atoms with Crippen LogP contribution in [0.15, 0.2) is 36.4 Å². The van der Waals surface area contributed by atoms with Crippen LogP contribution in [0.3, 0.4) is 0 Å². The number of hydrogen-bond donors (Lipinski definition) is 4. The molecule has 8 heteroatoms. The van der Waals surface area contributed by atoms with E-state index in [1.807, 2.05) is 24.3 Å². The lowest BCUT2D eigenvalue weighted by atomic mass is 9.96. The summed E-state index contributed by atoms with van der Waals surface area (Å²) < 4.78 is 31.5. The van der Waals surface area contributed by atoms with Crippen LogP contribution in [0.1, 0.15) is 42.4 Å². The molecule has 1 heterocycles. The molecule has 1 saturated heterocycles. The number of ether oxygens (including phenoxy) is 3. The molecule has 4 rings (SSSR count). The normalized spacial score (nSPS) is 28.9. The third kappa shape index (κ3) is 4.74. The van der Waals surface area contributed by atoms with Crippen LogP contribution in [0.4, 0.5) is 4.39 Å². The SMILES string of the molecule is COc1cc(F)c(Cc2ccc(C3CC3)cc2)c(O[C@@H]2OC(C(C)O)[C@@H](O)[C@H](O)[C@H]2O)c1. The molecular weight excluding hydrogens is 419 g/mol. The van der Waals surface area contributed by atoms with Gasteiger partial charge < -0.3 is 34.6 Å². The monoisotopic (exact) mass is 448 g/mol. The van der Waals surface area contributed by atoms with Crippen LogP contribution in [-0.2, 0) is 11.2 Å². The summed E-state index contributed by atoms with van der Waals surface area (Å²) in [6.07, 6.45) is -5.86. The van der Waals surface area contributed by atoms with Gasteiger partial charge in [-0.15, -0.1) is 0 Å². The Kier molecular flexibility index (Phi) is 6.69. The third-order valence-corrected chi connectivity index (χ3v) is 6.10. The zero-order valence-electron chi connectivity index (χ0n) is 18.0. The van der Waals surface area contributed by atoms with Gasteiger partial charge in [-0.2, -0.15) is 0 Å². The first-order valence-corrected chi connectivity index (χ1v) is 10.8. The Morgan fingerprint density at radius 3 is 2.34 bits per heavy atom. The fraction of sp³-hybridized carbons (Fsp3) is 0.500. The second-order valence-electron chi connectivity index (χ2n) is 8.58. The van der Waals surface area contributed by atoms with Gasteiger partial charge in [0, 0.05) is 24.1 Å². The quantitative estimate of drug-likeness (QED) is 0.512. The largest absolute Gasteiger partial charge is 0.497 e. The minimum absolute atomic E-state index is 0.0742. The van der Waals surface area contributed by atoms with E-state index >= 15 is 4.39 Å². The lowest BCUT2D eigenvalue weighted by Crippen LogP contribution is -2.61. The van der Waals surface area contributed by atoms with E-state index in [2.05, 4.69) is 0 Å². The van der Waals surface area contributed by atoms with E-state index in [9.17, 15) is 20.4 Å². The van der Waals surface area contributed by atoms with Gasteiger partial charge in [0.1, 0.15) is 41.7 Å². The highest BCUT2D eigenvalue weighted by Crippen LogP contribution is 2.40. The molecule has 2 aromatic carbocycles. The van der Waals surface area contributed by atoms with Crippen molar-refractivity contribution in [2.45, 2.75) is 68.9 Å². The van der Waals surface area contributed by atoms with Gasteiger partial charge in [0.15, 0.2) is 0 Å². The van der Waals surface area contributed by atoms with E-state index in [1.165, 1.54) is 44.6 Å². The van der Waals surface area contributed by atoms with Gasteiger partial charge in [0.25, 0.3) is 0 Å². The predicted octanol–water partition coefficient (Wildman–Crippen LogP) is 1.87. The van der Waals surface area contributed by atoms with Crippen molar-refractivity contribution in [2.75, 3.05) is 7.11 Å². The molecule has 7 nitrogen and oxygen atoms in total. The zero-order valence-corrected chi connectivity index (χ0v) is 18.0. The average Bonchev–Trinajstić information content (AvgIpc) is 3.61. The molecule has 0 aromatic heterocycles. The van der Waals surface area contributed by atoms with Crippen LogP contribution in [0.25, 0.3) is 0 Å². The summed E-state index contributed by atoms with van der Waals surface area (Å²) in [5.41, 5.74) is 2.39. The Morgan fingerprint density at radius 2 is 1.75 bits per heavy atom. The minimum Gasteiger partial charge on any atom is -0.497 e. The number of methoxy groups -OCH3 is 1. The van der Waals surface area contributed by atoms with Gasteiger partial charge in [-0.05, 0) is 36.8 Å². The first-order valence-electron chi connectivity index (χ1n) is 10.8. The van der Waals surface area contributed by atoms with Gasteiger partial charge in [0.2, 0.25) is 6.29 Å². The number of aliphatic hydroxyl groups is 4. The van der Waals surface area contributed by atoms with Gasteiger partial charge in [0.05, 0.1) is 13.2 Å². The molecule has 0 bridgehead atoms. The predicted molar refractivity (Wildman–Crippen MR) is 113 cm³/mol. The highest BCUT2D eigenvalue weighted by molar-refractivity contribution is 5.45. The van der Waals surface area contributed by atoms with Gasteiger partial charge in [-0.25, -0.2) is 4.39 Å². The number of hydrogen-bond acceptors (Lipinski definition) is 7.